The Morgan fingerprint density at radius 3 is 2.44 bits per heavy atom. The highest BCUT2D eigenvalue weighted by molar-refractivity contribution is 7.92. The number of non-ortho nitro benzene ring substituents is 1. The third-order valence-electron chi connectivity index (χ3n) is 5.09. The highest BCUT2D eigenvalue weighted by Gasteiger charge is 2.23. The molecule has 174 valence electrons. The number of aromatic nitrogens is 1. The number of hydrogen-bond donors (Lipinski definition) is 2. The Kier molecular flexibility index (Phi) is 5.90. The lowest BCUT2D eigenvalue weighted by Gasteiger charge is -2.10. The Hall–Kier alpha value is -4.45. The fourth-order valence-electron chi connectivity index (χ4n) is 3.35. The first-order chi connectivity index (χ1) is 16.2. The summed E-state index contributed by atoms with van der Waals surface area (Å²) in [6.07, 6.45) is 0. The van der Waals surface area contributed by atoms with Crippen LogP contribution < -0.4 is 9.46 Å². The Bertz CT molecular complexity index is 1530. The number of azo groups is 1. The number of nitro groups is 1. The fraction of sp³-hybridized carbons (Fsp3) is 0.0909. The van der Waals surface area contributed by atoms with E-state index in [1.54, 1.807) is 43.4 Å². The standard InChI is InChI=1S/C22H19N5O6S/c1-26-19-6-4-3-5-17(19)21(22(26)28)24-23-18-12-9-15(27(29)30)13-20(18)34(31,32)25-14-7-10-16(33-2)11-8-14/h3-13,25,28H,1-2H3. The zero-order valence-electron chi connectivity index (χ0n) is 18.0. The number of hydrogen-bond acceptors (Lipinski definition) is 8. The van der Waals surface area contributed by atoms with Crippen LogP contribution in [0.5, 0.6) is 11.6 Å². The molecule has 0 aliphatic rings. The molecule has 0 atom stereocenters. The van der Waals surface area contributed by atoms with Gasteiger partial charge in [-0.2, -0.15) is 0 Å². The van der Waals surface area contributed by atoms with E-state index in [0.717, 1.165) is 12.1 Å². The lowest BCUT2D eigenvalue weighted by Crippen LogP contribution is -2.13. The fourth-order valence-corrected chi connectivity index (χ4v) is 4.56. The number of aromatic hydroxyl groups is 1. The monoisotopic (exact) mass is 481 g/mol. The van der Waals surface area contributed by atoms with Crippen LogP contribution in [0.25, 0.3) is 10.9 Å². The molecule has 12 heteroatoms. The molecule has 3 aromatic carbocycles. The Balaban J connectivity index is 1.78. The van der Waals surface area contributed by atoms with Gasteiger partial charge in [-0.3, -0.25) is 14.8 Å². The van der Waals surface area contributed by atoms with Crippen molar-refractivity contribution in [2.24, 2.45) is 17.3 Å². The topological polar surface area (TPSA) is 148 Å². The number of fused-ring (bicyclic) bond motifs is 1. The summed E-state index contributed by atoms with van der Waals surface area (Å²) >= 11 is 0. The molecular weight excluding hydrogens is 462 g/mol. The Morgan fingerprint density at radius 2 is 1.76 bits per heavy atom. The summed E-state index contributed by atoms with van der Waals surface area (Å²) in [6, 6.07) is 16.4. The first kappa shape index (κ1) is 22.7. The lowest BCUT2D eigenvalue weighted by atomic mass is 10.2. The first-order valence-corrected chi connectivity index (χ1v) is 11.3. The van der Waals surface area contributed by atoms with Gasteiger partial charge in [0.1, 0.15) is 16.3 Å². The summed E-state index contributed by atoms with van der Waals surface area (Å²) in [7, 11) is -1.16. The number of nitrogens with zero attached hydrogens (tertiary/aromatic N) is 4. The van der Waals surface area contributed by atoms with Crippen molar-refractivity contribution < 1.29 is 23.2 Å². The number of aryl methyl sites for hydroxylation is 1. The molecule has 0 unspecified atom stereocenters. The second kappa shape index (κ2) is 8.83. The molecule has 4 rings (SSSR count). The highest BCUT2D eigenvalue weighted by Crippen LogP contribution is 2.39. The summed E-state index contributed by atoms with van der Waals surface area (Å²) in [5.41, 5.74) is 0.498. The maximum absolute atomic E-state index is 13.1. The van der Waals surface area contributed by atoms with Crippen LogP contribution in [0.3, 0.4) is 0 Å². The van der Waals surface area contributed by atoms with Crippen LogP contribution in [0.4, 0.5) is 22.7 Å². The van der Waals surface area contributed by atoms with Crippen molar-refractivity contribution in [3.8, 4) is 11.6 Å². The van der Waals surface area contributed by atoms with Gasteiger partial charge in [-0.25, -0.2) is 8.42 Å². The Labute approximate surface area is 194 Å². The molecule has 0 aliphatic heterocycles. The molecule has 4 aromatic rings. The van der Waals surface area contributed by atoms with E-state index in [0.29, 0.717) is 16.7 Å². The van der Waals surface area contributed by atoms with E-state index >= 15 is 0 Å². The largest absolute Gasteiger partial charge is 0.497 e. The smallest absolute Gasteiger partial charge is 0.270 e. The van der Waals surface area contributed by atoms with E-state index in [9.17, 15) is 23.6 Å². The molecule has 0 radical (unpaired) electrons. The van der Waals surface area contributed by atoms with Crippen molar-refractivity contribution in [1.82, 2.24) is 4.57 Å². The van der Waals surface area contributed by atoms with Crippen LogP contribution in [0, 0.1) is 10.1 Å². The maximum atomic E-state index is 13.1. The van der Waals surface area contributed by atoms with Gasteiger partial charge in [-0.15, -0.1) is 10.2 Å². The van der Waals surface area contributed by atoms with E-state index in [-0.39, 0.29) is 22.9 Å². The lowest BCUT2D eigenvalue weighted by molar-refractivity contribution is -0.385. The van der Waals surface area contributed by atoms with Crippen LogP contribution in [0.15, 0.2) is 81.9 Å². The molecule has 0 aliphatic carbocycles. The van der Waals surface area contributed by atoms with Crippen molar-refractivity contribution in [2.45, 2.75) is 4.90 Å². The molecule has 0 saturated carbocycles. The van der Waals surface area contributed by atoms with E-state index in [2.05, 4.69) is 15.0 Å². The predicted octanol–water partition coefficient (Wildman–Crippen LogP) is 5.02. The minimum absolute atomic E-state index is 0.140. The molecule has 1 aromatic heterocycles. The van der Waals surface area contributed by atoms with Gasteiger partial charge in [0.05, 0.1) is 17.5 Å². The third-order valence-corrected chi connectivity index (χ3v) is 6.50. The maximum Gasteiger partial charge on any atom is 0.270 e. The summed E-state index contributed by atoms with van der Waals surface area (Å²) in [6.45, 7) is 0. The number of nitrogens with one attached hydrogen (secondary N) is 1. The van der Waals surface area contributed by atoms with Gasteiger partial charge in [-0.05, 0) is 36.4 Å². The zero-order valence-corrected chi connectivity index (χ0v) is 18.9. The van der Waals surface area contributed by atoms with Crippen LogP contribution in [-0.2, 0) is 17.1 Å². The summed E-state index contributed by atoms with van der Waals surface area (Å²) in [5, 5.41) is 30.5. The molecule has 0 saturated heterocycles. The van der Waals surface area contributed by atoms with E-state index in [4.69, 9.17) is 4.74 Å². The second-order valence-corrected chi connectivity index (χ2v) is 8.84. The number of methoxy groups -OCH3 is 1. The molecule has 34 heavy (non-hydrogen) atoms. The summed E-state index contributed by atoms with van der Waals surface area (Å²) in [5.74, 6) is 0.371. The van der Waals surface area contributed by atoms with Gasteiger partial charge in [0.2, 0.25) is 5.88 Å². The number of sulfonamides is 1. The quantitative estimate of drug-likeness (QED) is 0.215. The van der Waals surface area contributed by atoms with Crippen LogP contribution in [0.1, 0.15) is 0 Å². The van der Waals surface area contributed by atoms with Crippen molar-refractivity contribution in [3.05, 3.63) is 76.8 Å². The van der Waals surface area contributed by atoms with Crippen molar-refractivity contribution in [3.63, 3.8) is 0 Å². The van der Waals surface area contributed by atoms with Crippen LogP contribution >= 0.6 is 0 Å². The molecule has 1 heterocycles. The molecular formula is C22H19N5O6S. The molecule has 0 amide bonds. The highest BCUT2D eigenvalue weighted by atomic mass is 32.2. The average molecular weight is 481 g/mol. The SMILES string of the molecule is COc1ccc(NS(=O)(=O)c2cc([N+](=O)[O-])ccc2N=Nc2c(O)n(C)c3ccccc23)cc1. The van der Waals surface area contributed by atoms with E-state index in [1.165, 1.54) is 29.9 Å². The minimum atomic E-state index is -4.29. The van der Waals surface area contributed by atoms with Crippen LogP contribution in [-0.4, -0.2) is 30.1 Å². The first-order valence-electron chi connectivity index (χ1n) is 9.84. The molecule has 2 N–H and O–H groups in total. The molecule has 0 spiro atoms. The summed E-state index contributed by atoms with van der Waals surface area (Å²) in [4.78, 5) is 10.1. The second-order valence-electron chi connectivity index (χ2n) is 7.19. The van der Waals surface area contributed by atoms with Gasteiger partial charge in [0.15, 0.2) is 5.69 Å². The number of rotatable bonds is 7. The van der Waals surface area contributed by atoms with Gasteiger partial charge < -0.3 is 14.4 Å². The van der Waals surface area contributed by atoms with Gasteiger partial charge in [0, 0.05) is 30.3 Å². The van der Waals surface area contributed by atoms with Crippen molar-refractivity contribution >= 4 is 43.7 Å². The molecule has 0 fully saturated rings. The molecule has 0 bridgehead atoms. The summed E-state index contributed by atoms with van der Waals surface area (Å²) < 4.78 is 35.2. The van der Waals surface area contributed by atoms with Crippen molar-refractivity contribution in [2.75, 3.05) is 11.8 Å². The number of nitro benzene ring substituents is 1. The van der Waals surface area contributed by atoms with Gasteiger partial charge >= 0.3 is 0 Å². The van der Waals surface area contributed by atoms with Gasteiger partial charge in [-0.1, -0.05) is 18.2 Å². The van der Waals surface area contributed by atoms with Crippen LogP contribution in [0.2, 0.25) is 0 Å². The number of ether oxygens (including phenoxy) is 1. The van der Waals surface area contributed by atoms with Crippen molar-refractivity contribution in [1.29, 1.82) is 0 Å². The van der Waals surface area contributed by atoms with E-state index in [1.807, 2.05) is 0 Å². The van der Waals surface area contributed by atoms with Gasteiger partial charge in [0.25, 0.3) is 15.7 Å². The number of para-hydroxylation sites is 1. The normalized spacial score (nSPS) is 11.7. The number of benzene rings is 3. The third kappa shape index (κ3) is 4.26. The predicted molar refractivity (Wildman–Crippen MR) is 126 cm³/mol. The Morgan fingerprint density at radius 1 is 1.06 bits per heavy atom. The number of anilines is 1. The average Bonchev–Trinajstić information content (AvgIpc) is 3.07. The zero-order chi connectivity index (χ0) is 24.5. The molecule has 11 nitrogen and oxygen atoms in total. The van der Waals surface area contributed by atoms with E-state index < -0.39 is 25.5 Å². The minimum Gasteiger partial charge on any atom is -0.497 e.